The van der Waals surface area contributed by atoms with Crippen LogP contribution in [0.1, 0.15) is 15.9 Å². The first-order valence-electron chi connectivity index (χ1n) is 5.21. The lowest BCUT2D eigenvalue weighted by Gasteiger charge is -2.06. The molecule has 1 aromatic heterocycles. The molecule has 0 fully saturated rings. The van der Waals surface area contributed by atoms with Gasteiger partial charge in [-0.25, -0.2) is 8.78 Å². The molecule has 4 nitrogen and oxygen atoms in total. The Morgan fingerprint density at radius 2 is 2.05 bits per heavy atom. The van der Waals surface area contributed by atoms with E-state index < -0.39 is 17.5 Å². The van der Waals surface area contributed by atoms with Crippen LogP contribution in [0.2, 0.25) is 0 Å². The molecule has 6 heteroatoms. The Morgan fingerprint density at radius 3 is 2.79 bits per heavy atom. The SMILES string of the molecule is N#Cc1cncc(C(=O)Nc2cc(F)ccc2F)c1. The number of hydrogen-bond donors (Lipinski definition) is 1. The summed E-state index contributed by atoms with van der Waals surface area (Å²) in [6.07, 6.45) is 2.52. The molecule has 94 valence electrons. The lowest BCUT2D eigenvalue weighted by molar-refractivity contribution is 0.102. The summed E-state index contributed by atoms with van der Waals surface area (Å²) in [5.74, 6) is -2.09. The Balaban J connectivity index is 2.26. The minimum atomic E-state index is -0.751. The maximum absolute atomic E-state index is 13.3. The van der Waals surface area contributed by atoms with Gasteiger partial charge in [0, 0.05) is 18.5 Å². The summed E-state index contributed by atoms with van der Waals surface area (Å²) >= 11 is 0. The molecule has 0 bridgehead atoms. The summed E-state index contributed by atoms with van der Waals surface area (Å²) in [5.41, 5.74) is 0.0161. The molecule has 1 N–H and O–H groups in total. The molecule has 0 saturated heterocycles. The molecule has 2 rings (SSSR count). The van der Waals surface area contributed by atoms with Crippen molar-refractivity contribution < 1.29 is 13.6 Å². The smallest absolute Gasteiger partial charge is 0.257 e. The van der Waals surface area contributed by atoms with Crippen molar-refractivity contribution in [3.63, 3.8) is 0 Å². The molecular formula is C13H7F2N3O. The van der Waals surface area contributed by atoms with Gasteiger partial charge in [-0.2, -0.15) is 5.26 Å². The average molecular weight is 259 g/mol. The van der Waals surface area contributed by atoms with Crippen LogP contribution in [0.3, 0.4) is 0 Å². The number of carbonyl (C=O) groups excluding carboxylic acids is 1. The second kappa shape index (κ2) is 5.23. The van der Waals surface area contributed by atoms with Gasteiger partial charge in [0.05, 0.1) is 16.8 Å². The van der Waals surface area contributed by atoms with Gasteiger partial charge in [0.1, 0.15) is 17.7 Å². The number of nitrogens with one attached hydrogen (secondary N) is 1. The van der Waals surface area contributed by atoms with E-state index in [1.807, 2.05) is 6.07 Å². The Kier molecular flexibility index (Phi) is 3.48. The summed E-state index contributed by atoms with van der Waals surface area (Å²) in [6.45, 7) is 0. The molecule has 1 aromatic carbocycles. The Labute approximate surface area is 107 Å². The number of nitriles is 1. The zero-order chi connectivity index (χ0) is 13.8. The summed E-state index contributed by atoms with van der Waals surface area (Å²) in [7, 11) is 0. The van der Waals surface area contributed by atoms with Crippen LogP contribution >= 0.6 is 0 Å². The maximum Gasteiger partial charge on any atom is 0.257 e. The fourth-order valence-corrected chi connectivity index (χ4v) is 1.41. The van der Waals surface area contributed by atoms with E-state index in [2.05, 4.69) is 10.3 Å². The van der Waals surface area contributed by atoms with E-state index in [0.717, 1.165) is 18.2 Å². The number of nitrogens with zero attached hydrogens (tertiary/aromatic N) is 2. The van der Waals surface area contributed by atoms with Gasteiger partial charge in [-0.05, 0) is 18.2 Å². The van der Waals surface area contributed by atoms with Crippen LogP contribution in [0.4, 0.5) is 14.5 Å². The van der Waals surface area contributed by atoms with Crippen LogP contribution in [0, 0.1) is 23.0 Å². The van der Waals surface area contributed by atoms with E-state index in [-0.39, 0.29) is 16.8 Å². The van der Waals surface area contributed by atoms with Crippen molar-refractivity contribution in [1.29, 1.82) is 5.26 Å². The van der Waals surface area contributed by atoms with Crippen molar-refractivity contribution in [1.82, 2.24) is 4.98 Å². The van der Waals surface area contributed by atoms with Crippen LogP contribution in [-0.4, -0.2) is 10.9 Å². The normalized spacial score (nSPS) is 9.74. The second-order valence-corrected chi connectivity index (χ2v) is 3.65. The first kappa shape index (κ1) is 12.6. The molecule has 0 unspecified atom stereocenters. The largest absolute Gasteiger partial charge is 0.319 e. The van der Waals surface area contributed by atoms with Gasteiger partial charge in [0.2, 0.25) is 0 Å². The van der Waals surface area contributed by atoms with Crippen molar-refractivity contribution in [3.8, 4) is 6.07 Å². The van der Waals surface area contributed by atoms with Crippen LogP contribution in [0.25, 0.3) is 0 Å². The minimum Gasteiger partial charge on any atom is -0.319 e. The van der Waals surface area contributed by atoms with Crippen molar-refractivity contribution in [3.05, 3.63) is 59.4 Å². The van der Waals surface area contributed by atoms with Gasteiger partial charge in [-0.3, -0.25) is 9.78 Å². The summed E-state index contributed by atoms with van der Waals surface area (Å²) in [6, 6.07) is 5.86. The molecule has 1 heterocycles. The quantitative estimate of drug-likeness (QED) is 0.901. The molecule has 0 radical (unpaired) electrons. The number of benzene rings is 1. The monoisotopic (exact) mass is 259 g/mol. The number of carbonyl (C=O) groups is 1. The van der Waals surface area contributed by atoms with Gasteiger partial charge in [0.15, 0.2) is 0 Å². The van der Waals surface area contributed by atoms with Crippen molar-refractivity contribution >= 4 is 11.6 Å². The molecular weight excluding hydrogens is 252 g/mol. The lowest BCUT2D eigenvalue weighted by atomic mass is 10.2. The van der Waals surface area contributed by atoms with Crippen molar-refractivity contribution in [2.24, 2.45) is 0 Å². The summed E-state index contributed by atoms with van der Waals surface area (Å²) in [5, 5.41) is 10.9. The van der Waals surface area contributed by atoms with E-state index in [1.165, 1.54) is 18.5 Å². The number of amides is 1. The summed E-state index contributed by atoms with van der Waals surface area (Å²) in [4.78, 5) is 15.5. The standard InChI is InChI=1S/C13H7F2N3O/c14-10-1-2-11(15)12(4-10)18-13(19)9-3-8(5-16)6-17-7-9/h1-4,6-7H,(H,18,19). The number of hydrogen-bond acceptors (Lipinski definition) is 3. The third-order valence-electron chi connectivity index (χ3n) is 2.31. The van der Waals surface area contributed by atoms with Crippen LogP contribution in [0.5, 0.6) is 0 Å². The predicted octanol–water partition coefficient (Wildman–Crippen LogP) is 2.48. The highest BCUT2D eigenvalue weighted by Crippen LogP contribution is 2.16. The first-order chi connectivity index (χ1) is 9.10. The van der Waals surface area contributed by atoms with E-state index in [4.69, 9.17) is 5.26 Å². The Bertz CT molecular complexity index is 680. The molecule has 0 saturated carbocycles. The average Bonchev–Trinajstić information content (AvgIpc) is 2.43. The fraction of sp³-hybridized carbons (Fsp3) is 0. The zero-order valence-electron chi connectivity index (χ0n) is 9.52. The maximum atomic E-state index is 13.3. The molecule has 0 aliphatic carbocycles. The third-order valence-corrected chi connectivity index (χ3v) is 2.31. The number of anilines is 1. The van der Waals surface area contributed by atoms with E-state index in [9.17, 15) is 13.6 Å². The first-order valence-corrected chi connectivity index (χ1v) is 5.21. The molecule has 2 aromatic rings. The van der Waals surface area contributed by atoms with E-state index >= 15 is 0 Å². The second-order valence-electron chi connectivity index (χ2n) is 3.65. The van der Waals surface area contributed by atoms with Crippen LogP contribution < -0.4 is 5.32 Å². The highest BCUT2D eigenvalue weighted by atomic mass is 19.1. The highest BCUT2D eigenvalue weighted by molar-refractivity contribution is 6.04. The van der Waals surface area contributed by atoms with Crippen LogP contribution in [0.15, 0.2) is 36.7 Å². The summed E-state index contributed by atoms with van der Waals surface area (Å²) < 4.78 is 26.3. The van der Waals surface area contributed by atoms with E-state index in [1.54, 1.807) is 0 Å². The van der Waals surface area contributed by atoms with E-state index in [0.29, 0.717) is 0 Å². The van der Waals surface area contributed by atoms with Gasteiger partial charge in [-0.1, -0.05) is 0 Å². The Morgan fingerprint density at radius 1 is 1.26 bits per heavy atom. The van der Waals surface area contributed by atoms with Gasteiger partial charge in [-0.15, -0.1) is 0 Å². The number of halogens is 2. The lowest BCUT2D eigenvalue weighted by Crippen LogP contribution is -2.13. The number of pyridine rings is 1. The van der Waals surface area contributed by atoms with Crippen molar-refractivity contribution in [2.45, 2.75) is 0 Å². The topological polar surface area (TPSA) is 65.8 Å². The van der Waals surface area contributed by atoms with Gasteiger partial charge >= 0.3 is 0 Å². The molecule has 0 aliphatic rings. The van der Waals surface area contributed by atoms with Gasteiger partial charge < -0.3 is 5.32 Å². The fourth-order valence-electron chi connectivity index (χ4n) is 1.41. The number of aromatic nitrogens is 1. The molecule has 1 amide bonds. The van der Waals surface area contributed by atoms with Gasteiger partial charge in [0.25, 0.3) is 5.91 Å². The minimum absolute atomic E-state index is 0.0858. The molecule has 19 heavy (non-hydrogen) atoms. The Hall–Kier alpha value is -2.81. The third kappa shape index (κ3) is 2.90. The van der Waals surface area contributed by atoms with Crippen LogP contribution in [-0.2, 0) is 0 Å². The predicted molar refractivity (Wildman–Crippen MR) is 63.3 cm³/mol. The van der Waals surface area contributed by atoms with Crippen molar-refractivity contribution in [2.75, 3.05) is 5.32 Å². The number of rotatable bonds is 2. The molecule has 0 aliphatic heterocycles. The zero-order valence-corrected chi connectivity index (χ0v) is 9.52. The molecule has 0 spiro atoms. The highest BCUT2D eigenvalue weighted by Gasteiger charge is 2.11. The molecule has 0 atom stereocenters.